The van der Waals surface area contributed by atoms with Crippen LogP contribution in [0.4, 0.5) is 0 Å². The zero-order valence-electron chi connectivity index (χ0n) is 8.01. The summed E-state index contributed by atoms with van der Waals surface area (Å²) in [5.41, 5.74) is 0. The lowest BCUT2D eigenvalue weighted by Crippen LogP contribution is -2.57. The van der Waals surface area contributed by atoms with Crippen LogP contribution in [-0.4, -0.2) is 55.1 Å². The Morgan fingerprint density at radius 3 is 2.15 bits per heavy atom. The van der Waals surface area contributed by atoms with Crippen molar-refractivity contribution in [3.8, 4) is 0 Å². The number of methoxy groups -OCH3 is 2. The third-order valence-corrected chi connectivity index (χ3v) is 2.29. The van der Waals surface area contributed by atoms with Crippen molar-refractivity contribution < 1.29 is 24.4 Å². The predicted octanol–water partition coefficient (Wildman–Crippen LogP) is -0.886. The molecule has 5 nitrogen and oxygen atoms in total. The molecule has 0 aromatic carbocycles. The summed E-state index contributed by atoms with van der Waals surface area (Å²) in [7, 11) is 2.90. The van der Waals surface area contributed by atoms with E-state index in [0.29, 0.717) is 0 Å². The van der Waals surface area contributed by atoms with Crippen LogP contribution in [-0.2, 0) is 14.2 Å². The van der Waals surface area contributed by atoms with Gasteiger partial charge in [-0.3, -0.25) is 0 Å². The van der Waals surface area contributed by atoms with Gasteiger partial charge in [0.15, 0.2) is 6.29 Å². The second-order valence-electron chi connectivity index (χ2n) is 3.13. The van der Waals surface area contributed by atoms with Crippen LogP contribution in [0, 0.1) is 0 Å². The Kier molecular flexibility index (Phi) is 3.63. The minimum absolute atomic E-state index is 0.452. The molecule has 13 heavy (non-hydrogen) atoms. The minimum atomic E-state index is -0.973. The quantitative estimate of drug-likeness (QED) is 0.594. The molecule has 1 saturated heterocycles. The van der Waals surface area contributed by atoms with Crippen molar-refractivity contribution in [3.63, 3.8) is 0 Å². The Hall–Kier alpha value is -0.200. The zero-order chi connectivity index (χ0) is 10.0. The molecule has 0 saturated carbocycles. The van der Waals surface area contributed by atoms with Crippen molar-refractivity contribution in [3.05, 3.63) is 0 Å². The Morgan fingerprint density at radius 2 is 1.69 bits per heavy atom. The van der Waals surface area contributed by atoms with Gasteiger partial charge in [-0.15, -0.1) is 0 Å². The summed E-state index contributed by atoms with van der Waals surface area (Å²) in [6.07, 6.45) is -3.63. The summed E-state index contributed by atoms with van der Waals surface area (Å²) in [5.74, 6) is 0. The third-order valence-electron chi connectivity index (χ3n) is 2.29. The molecule has 5 heteroatoms. The van der Waals surface area contributed by atoms with Gasteiger partial charge in [-0.05, 0) is 6.92 Å². The number of aliphatic hydroxyl groups is 2. The van der Waals surface area contributed by atoms with E-state index in [9.17, 15) is 10.2 Å². The van der Waals surface area contributed by atoms with Crippen LogP contribution < -0.4 is 0 Å². The summed E-state index contributed by atoms with van der Waals surface area (Å²) in [6.45, 7) is 1.67. The lowest BCUT2D eigenvalue weighted by atomic mass is 10.00. The van der Waals surface area contributed by atoms with Gasteiger partial charge in [0.1, 0.15) is 18.3 Å². The molecule has 1 aliphatic rings. The fourth-order valence-corrected chi connectivity index (χ4v) is 1.44. The average molecular weight is 192 g/mol. The van der Waals surface area contributed by atoms with Gasteiger partial charge in [0.2, 0.25) is 0 Å². The van der Waals surface area contributed by atoms with Crippen LogP contribution in [0.3, 0.4) is 0 Å². The Balaban J connectivity index is 2.69. The lowest BCUT2D eigenvalue weighted by Gasteiger charge is -2.39. The molecule has 1 rings (SSSR count). The molecule has 0 aromatic heterocycles. The molecule has 0 radical (unpaired) electrons. The second kappa shape index (κ2) is 4.34. The second-order valence-corrected chi connectivity index (χ2v) is 3.13. The summed E-state index contributed by atoms with van der Waals surface area (Å²) in [5, 5.41) is 19.0. The molecule has 0 bridgehead atoms. The Bertz CT molecular complexity index is 161. The first-order valence-corrected chi connectivity index (χ1v) is 4.19. The highest BCUT2D eigenvalue weighted by Crippen LogP contribution is 2.22. The topological polar surface area (TPSA) is 68.2 Å². The normalized spacial score (nSPS) is 46.4. The van der Waals surface area contributed by atoms with E-state index in [1.807, 2.05) is 0 Å². The van der Waals surface area contributed by atoms with E-state index in [1.54, 1.807) is 6.92 Å². The standard InChI is InChI=1S/C8H16O5/c1-4-5(9)6(10)7(11-2)8(12-3)13-4/h4-10H,1-3H3/t4-,5+,6+,7-,8+/m1/s1. The molecule has 78 valence electrons. The molecular weight excluding hydrogens is 176 g/mol. The van der Waals surface area contributed by atoms with Gasteiger partial charge in [0.25, 0.3) is 0 Å². The molecule has 1 fully saturated rings. The van der Waals surface area contributed by atoms with Gasteiger partial charge >= 0.3 is 0 Å². The molecule has 1 heterocycles. The van der Waals surface area contributed by atoms with E-state index in [2.05, 4.69) is 0 Å². The molecule has 0 aromatic rings. The van der Waals surface area contributed by atoms with Gasteiger partial charge in [0.05, 0.1) is 6.10 Å². The molecular formula is C8H16O5. The smallest absolute Gasteiger partial charge is 0.186 e. The monoisotopic (exact) mass is 192 g/mol. The van der Waals surface area contributed by atoms with Crippen LogP contribution in [0.5, 0.6) is 0 Å². The highest BCUT2D eigenvalue weighted by molar-refractivity contribution is 4.87. The van der Waals surface area contributed by atoms with Crippen molar-refractivity contribution >= 4 is 0 Å². The third kappa shape index (κ3) is 2.00. The van der Waals surface area contributed by atoms with Crippen molar-refractivity contribution in [2.45, 2.75) is 37.6 Å². The van der Waals surface area contributed by atoms with E-state index < -0.39 is 30.7 Å². The van der Waals surface area contributed by atoms with Crippen molar-refractivity contribution in [2.24, 2.45) is 0 Å². The Morgan fingerprint density at radius 1 is 1.08 bits per heavy atom. The Labute approximate surface area is 77.2 Å². The highest BCUT2D eigenvalue weighted by atomic mass is 16.7. The van der Waals surface area contributed by atoms with Crippen molar-refractivity contribution in [1.29, 1.82) is 0 Å². The first-order valence-electron chi connectivity index (χ1n) is 4.19. The van der Waals surface area contributed by atoms with E-state index >= 15 is 0 Å². The minimum Gasteiger partial charge on any atom is -0.388 e. The summed E-state index contributed by atoms with van der Waals surface area (Å²) in [6, 6.07) is 0. The lowest BCUT2D eigenvalue weighted by molar-refractivity contribution is -0.291. The van der Waals surface area contributed by atoms with Crippen molar-refractivity contribution in [2.75, 3.05) is 14.2 Å². The predicted molar refractivity (Wildman–Crippen MR) is 44.2 cm³/mol. The van der Waals surface area contributed by atoms with Gasteiger partial charge in [-0.2, -0.15) is 0 Å². The van der Waals surface area contributed by atoms with Crippen molar-refractivity contribution in [1.82, 2.24) is 0 Å². The fraction of sp³-hybridized carbons (Fsp3) is 1.00. The molecule has 0 amide bonds. The first-order chi connectivity index (χ1) is 6.11. The number of aliphatic hydroxyl groups excluding tert-OH is 2. The van der Waals surface area contributed by atoms with E-state index in [4.69, 9.17) is 14.2 Å². The van der Waals surface area contributed by atoms with Crippen LogP contribution in [0.25, 0.3) is 0 Å². The maximum Gasteiger partial charge on any atom is 0.186 e. The van der Waals surface area contributed by atoms with Crippen LogP contribution in [0.1, 0.15) is 6.92 Å². The molecule has 1 aliphatic heterocycles. The summed E-state index contributed by atoms with van der Waals surface area (Å²) < 4.78 is 15.2. The largest absolute Gasteiger partial charge is 0.388 e. The van der Waals surface area contributed by atoms with E-state index in [-0.39, 0.29) is 0 Å². The average Bonchev–Trinajstić information content (AvgIpc) is 2.13. The van der Waals surface area contributed by atoms with Gasteiger partial charge in [-0.25, -0.2) is 0 Å². The maximum atomic E-state index is 9.57. The number of ether oxygens (including phenoxy) is 3. The van der Waals surface area contributed by atoms with E-state index in [0.717, 1.165) is 0 Å². The van der Waals surface area contributed by atoms with E-state index in [1.165, 1.54) is 14.2 Å². The van der Waals surface area contributed by atoms with Gasteiger partial charge in [-0.1, -0.05) is 0 Å². The fourth-order valence-electron chi connectivity index (χ4n) is 1.44. The number of rotatable bonds is 2. The van der Waals surface area contributed by atoms with Crippen LogP contribution in [0.2, 0.25) is 0 Å². The number of hydrogen-bond donors (Lipinski definition) is 2. The SMILES string of the molecule is CO[C@H]1O[C@H](C)[C@H](O)[C@H](O)[C@H]1OC. The molecule has 5 atom stereocenters. The summed E-state index contributed by atoms with van der Waals surface area (Å²) in [4.78, 5) is 0. The maximum absolute atomic E-state index is 9.57. The zero-order valence-corrected chi connectivity index (χ0v) is 8.01. The van der Waals surface area contributed by atoms with Crippen LogP contribution in [0.15, 0.2) is 0 Å². The highest BCUT2D eigenvalue weighted by Gasteiger charge is 2.43. The molecule has 0 unspecified atom stereocenters. The molecule has 0 aliphatic carbocycles. The summed E-state index contributed by atoms with van der Waals surface area (Å²) >= 11 is 0. The van der Waals surface area contributed by atoms with Gasteiger partial charge in [0, 0.05) is 14.2 Å². The molecule has 2 N–H and O–H groups in total. The van der Waals surface area contributed by atoms with Gasteiger partial charge < -0.3 is 24.4 Å². The number of hydrogen-bond acceptors (Lipinski definition) is 5. The molecule has 0 spiro atoms. The first kappa shape index (κ1) is 10.9. The van der Waals surface area contributed by atoms with Crippen LogP contribution >= 0.6 is 0 Å².